The van der Waals surface area contributed by atoms with Crippen molar-refractivity contribution >= 4 is 6.29 Å². The van der Waals surface area contributed by atoms with Gasteiger partial charge in [-0.05, 0) is 18.6 Å². The Balaban J connectivity index is 2.42. The fourth-order valence-corrected chi connectivity index (χ4v) is 1.67. The van der Waals surface area contributed by atoms with Crippen LogP contribution in [-0.4, -0.2) is 26.3 Å². The smallest absolute Gasteiger partial charge is 0.172 e. The number of aryl methyl sites for hydroxylation is 1. The summed E-state index contributed by atoms with van der Waals surface area (Å²) >= 11 is 0. The molecule has 0 amide bonds. The van der Waals surface area contributed by atoms with Gasteiger partial charge in [0, 0.05) is 24.5 Å². The number of rotatable bonds is 5. The number of aromatic nitrogens is 4. The highest BCUT2D eigenvalue weighted by Gasteiger charge is 2.13. The Morgan fingerprint density at radius 1 is 1.47 bits per heavy atom. The fourth-order valence-electron chi connectivity index (χ4n) is 1.67. The van der Waals surface area contributed by atoms with E-state index in [2.05, 4.69) is 22.2 Å². The molecule has 0 aromatic carbocycles. The van der Waals surface area contributed by atoms with Gasteiger partial charge in [0.15, 0.2) is 12.0 Å². The van der Waals surface area contributed by atoms with Crippen molar-refractivity contribution in [3.8, 4) is 11.3 Å². The minimum Gasteiger partial charge on any atom is -0.296 e. The largest absolute Gasteiger partial charge is 0.296 e. The molecule has 5 heteroatoms. The molecular weight excluding hydrogens is 216 g/mol. The van der Waals surface area contributed by atoms with Gasteiger partial charge in [-0.25, -0.2) is 4.68 Å². The van der Waals surface area contributed by atoms with Crippen molar-refractivity contribution in [2.45, 2.75) is 26.3 Å². The van der Waals surface area contributed by atoms with Crippen molar-refractivity contribution in [2.24, 2.45) is 0 Å². The van der Waals surface area contributed by atoms with E-state index in [0.717, 1.165) is 36.9 Å². The van der Waals surface area contributed by atoms with E-state index in [1.54, 1.807) is 17.1 Å². The van der Waals surface area contributed by atoms with Gasteiger partial charge in [-0.2, -0.15) is 0 Å². The zero-order valence-electron chi connectivity index (χ0n) is 9.71. The maximum absolute atomic E-state index is 11.0. The zero-order chi connectivity index (χ0) is 12.1. The van der Waals surface area contributed by atoms with E-state index >= 15 is 0 Å². The van der Waals surface area contributed by atoms with Crippen LogP contribution < -0.4 is 0 Å². The Kier molecular flexibility index (Phi) is 3.59. The van der Waals surface area contributed by atoms with Crippen LogP contribution in [0.5, 0.6) is 0 Å². The molecule has 17 heavy (non-hydrogen) atoms. The number of hydrogen-bond acceptors (Lipinski definition) is 4. The second-order valence-corrected chi connectivity index (χ2v) is 3.76. The number of pyridine rings is 1. The maximum Gasteiger partial charge on any atom is 0.172 e. The van der Waals surface area contributed by atoms with E-state index in [1.165, 1.54) is 0 Å². The van der Waals surface area contributed by atoms with Gasteiger partial charge in [0.1, 0.15) is 5.69 Å². The van der Waals surface area contributed by atoms with Crippen LogP contribution in [0.1, 0.15) is 30.3 Å². The van der Waals surface area contributed by atoms with Gasteiger partial charge in [-0.3, -0.25) is 9.78 Å². The Morgan fingerprint density at radius 2 is 2.35 bits per heavy atom. The van der Waals surface area contributed by atoms with Crippen molar-refractivity contribution in [2.75, 3.05) is 0 Å². The summed E-state index contributed by atoms with van der Waals surface area (Å²) < 4.78 is 1.77. The molecule has 0 atom stereocenters. The fraction of sp³-hybridized carbons (Fsp3) is 0.333. The molecule has 2 rings (SSSR count). The van der Waals surface area contributed by atoms with E-state index in [9.17, 15) is 4.79 Å². The van der Waals surface area contributed by atoms with E-state index in [1.807, 2.05) is 12.1 Å². The summed E-state index contributed by atoms with van der Waals surface area (Å²) in [5.74, 6) is 0. The van der Waals surface area contributed by atoms with Crippen LogP contribution in [-0.2, 0) is 6.54 Å². The highest BCUT2D eigenvalue weighted by molar-refractivity contribution is 5.82. The molecule has 0 unspecified atom stereocenters. The monoisotopic (exact) mass is 230 g/mol. The van der Waals surface area contributed by atoms with E-state index < -0.39 is 0 Å². The normalized spacial score (nSPS) is 10.4. The average molecular weight is 230 g/mol. The van der Waals surface area contributed by atoms with Gasteiger partial charge in [-0.15, -0.1) is 5.10 Å². The lowest BCUT2D eigenvalue weighted by atomic mass is 10.1. The first kappa shape index (κ1) is 11.4. The second-order valence-electron chi connectivity index (χ2n) is 3.76. The summed E-state index contributed by atoms with van der Waals surface area (Å²) in [4.78, 5) is 15.0. The molecule has 0 bridgehead atoms. The van der Waals surface area contributed by atoms with Crippen molar-refractivity contribution in [3.63, 3.8) is 0 Å². The van der Waals surface area contributed by atoms with Gasteiger partial charge in [-0.1, -0.05) is 18.6 Å². The number of unbranched alkanes of at least 4 members (excludes halogenated alkanes) is 1. The van der Waals surface area contributed by atoms with Crippen molar-refractivity contribution in [3.05, 3.63) is 30.2 Å². The molecule has 0 spiro atoms. The zero-order valence-corrected chi connectivity index (χ0v) is 9.71. The van der Waals surface area contributed by atoms with Crippen molar-refractivity contribution in [1.82, 2.24) is 20.0 Å². The summed E-state index contributed by atoms with van der Waals surface area (Å²) in [6, 6.07) is 3.74. The molecule has 2 aromatic heterocycles. The van der Waals surface area contributed by atoms with Gasteiger partial charge in [0.25, 0.3) is 0 Å². The first-order valence-corrected chi connectivity index (χ1v) is 5.66. The molecule has 0 aliphatic rings. The lowest BCUT2D eigenvalue weighted by Crippen LogP contribution is -2.03. The van der Waals surface area contributed by atoms with Crippen LogP contribution >= 0.6 is 0 Å². The minimum atomic E-state index is 0.370. The molecule has 5 nitrogen and oxygen atoms in total. The highest BCUT2D eigenvalue weighted by atomic mass is 16.1. The van der Waals surface area contributed by atoms with Crippen LogP contribution in [0, 0.1) is 0 Å². The van der Waals surface area contributed by atoms with Crippen molar-refractivity contribution < 1.29 is 4.79 Å². The second kappa shape index (κ2) is 5.34. The molecule has 2 heterocycles. The van der Waals surface area contributed by atoms with Gasteiger partial charge < -0.3 is 0 Å². The molecule has 0 N–H and O–H groups in total. The number of nitrogens with zero attached hydrogens (tertiary/aromatic N) is 4. The van der Waals surface area contributed by atoms with Crippen molar-refractivity contribution in [1.29, 1.82) is 0 Å². The predicted molar refractivity (Wildman–Crippen MR) is 63.5 cm³/mol. The summed E-state index contributed by atoms with van der Waals surface area (Å²) in [6.07, 6.45) is 6.23. The Bertz CT molecular complexity index is 492. The summed E-state index contributed by atoms with van der Waals surface area (Å²) in [5.41, 5.74) is 1.99. The lowest BCUT2D eigenvalue weighted by molar-refractivity contribution is 0.111. The number of aldehydes is 1. The first-order valence-electron chi connectivity index (χ1n) is 5.66. The maximum atomic E-state index is 11.0. The average Bonchev–Trinajstić information content (AvgIpc) is 2.80. The third-order valence-corrected chi connectivity index (χ3v) is 2.53. The van der Waals surface area contributed by atoms with Crippen LogP contribution in [0.4, 0.5) is 0 Å². The Hall–Kier alpha value is -2.04. The standard InChI is InChI=1S/C12H14N4O/c1-2-3-7-16-12(11(9-17)14-15-16)10-5-4-6-13-8-10/h4-6,8-9H,2-3,7H2,1H3. The van der Waals surface area contributed by atoms with Crippen LogP contribution in [0.2, 0.25) is 0 Å². The number of carbonyl (C=O) groups excluding carboxylic acids is 1. The van der Waals surface area contributed by atoms with Crippen LogP contribution in [0.15, 0.2) is 24.5 Å². The molecule has 0 radical (unpaired) electrons. The number of carbonyl (C=O) groups is 1. The molecule has 88 valence electrons. The summed E-state index contributed by atoms with van der Waals surface area (Å²) in [6.45, 7) is 2.88. The predicted octanol–water partition coefficient (Wildman–Crippen LogP) is 1.95. The van der Waals surface area contributed by atoms with E-state index in [-0.39, 0.29) is 0 Å². The molecule has 0 aliphatic heterocycles. The summed E-state index contributed by atoms with van der Waals surface area (Å²) in [5, 5.41) is 7.89. The highest BCUT2D eigenvalue weighted by Crippen LogP contribution is 2.20. The van der Waals surface area contributed by atoms with E-state index in [4.69, 9.17) is 0 Å². The van der Waals surface area contributed by atoms with Crippen LogP contribution in [0.3, 0.4) is 0 Å². The van der Waals surface area contributed by atoms with Gasteiger partial charge in [0.05, 0.1) is 0 Å². The number of hydrogen-bond donors (Lipinski definition) is 0. The SMILES string of the molecule is CCCCn1nnc(C=O)c1-c1cccnc1. The first-order chi connectivity index (χ1) is 8.36. The van der Waals surface area contributed by atoms with E-state index in [0.29, 0.717) is 5.69 Å². The quantitative estimate of drug-likeness (QED) is 0.736. The molecule has 0 aliphatic carbocycles. The minimum absolute atomic E-state index is 0.370. The third kappa shape index (κ3) is 2.38. The molecule has 0 saturated carbocycles. The topological polar surface area (TPSA) is 60.7 Å². The third-order valence-electron chi connectivity index (χ3n) is 2.53. The molecular formula is C12H14N4O. The van der Waals surface area contributed by atoms with Gasteiger partial charge in [0.2, 0.25) is 0 Å². The Labute approximate surface area is 99.5 Å². The lowest BCUT2D eigenvalue weighted by Gasteiger charge is -2.05. The molecule has 2 aromatic rings. The molecule has 0 saturated heterocycles. The van der Waals surface area contributed by atoms with Gasteiger partial charge >= 0.3 is 0 Å². The summed E-state index contributed by atoms with van der Waals surface area (Å²) in [7, 11) is 0. The molecule has 0 fully saturated rings. The Morgan fingerprint density at radius 3 is 3.00 bits per heavy atom. The van der Waals surface area contributed by atoms with Crippen LogP contribution in [0.25, 0.3) is 11.3 Å².